The lowest BCUT2D eigenvalue weighted by Gasteiger charge is -2.42. The van der Waals surface area contributed by atoms with Gasteiger partial charge in [0.1, 0.15) is 0 Å². The second-order valence-corrected chi connectivity index (χ2v) is 4.03. The number of hydrogen-bond donors (Lipinski definition) is 1. The average Bonchev–Trinajstić information content (AvgIpc) is 2.14. The van der Waals surface area contributed by atoms with E-state index in [0.717, 1.165) is 6.42 Å². The second-order valence-electron chi connectivity index (χ2n) is 4.03. The highest BCUT2D eigenvalue weighted by Gasteiger charge is 2.42. The van der Waals surface area contributed by atoms with Crippen LogP contribution in [-0.4, -0.2) is 5.91 Å². The standard InChI is InChI=1S/C12H15NO/c1-3-12(8-11(14)13-12)10-6-4-9(2)5-7-10/h4-7H,3,8H2,1-2H3,(H,13,14). The van der Waals surface area contributed by atoms with E-state index in [-0.39, 0.29) is 11.4 Å². The number of hydrogen-bond acceptors (Lipinski definition) is 1. The topological polar surface area (TPSA) is 29.1 Å². The second kappa shape index (κ2) is 3.12. The molecule has 1 aromatic rings. The molecule has 74 valence electrons. The zero-order chi connectivity index (χ0) is 10.2. The van der Waals surface area contributed by atoms with Crippen LogP contribution in [0.25, 0.3) is 0 Å². The molecule has 1 amide bonds. The van der Waals surface area contributed by atoms with Crippen LogP contribution in [0.15, 0.2) is 24.3 Å². The van der Waals surface area contributed by atoms with E-state index >= 15 is 0 Å². The zero-order valence-electron chi connectivity index (χ0n) is 8.63. The van der Waals surface area contributed by atoms with Crippen molar-refractivity contribution < 1.29 is 4.79 Å². The molecule has 0 spiro atoms. The number of carbonyl (C=O) groups is 1. The molecule has 0 aliphatic carbocycles. The summed E-state index contributed by atoms with van der Waals surface area (Å²) >= 11 is 0. The summed E-state index contributed by atoms with van der Waals surface area (Å²) in [4.78, 5) is 11.0. The van der Waals surface area contributed by atoms with Crippen LogP contribution in [0, 0.1) is 6.92 Å². The minimum atomic E-state index is -0.0786. The van der Waals surface area contributed by atoms with E-state index in [4.69, 9.17) is 0 Å². The predicted octanol–water partition coefficient (Wildman–Crippen LogP) is 2.12. The van der Waals surface area contributed by atoms with Gasteiger partial charge in [-0.2, -0.15) is 0 Å². The Morgan fingerprint density at radius 3 is 2.36 bits per heavy atom. The molecular weight excluding hydrogens is 174 g/mol. The van der Waals surface area contributed by atoms with Crippen molar-refractivity contribution in [1.82, 2.24) is 5.32 Å². The minimum Gasteiger partial charge on any atom is -0.346 e. The normalized spacial score (nSPS) is 25.4. The molecule has 14 heavy (non-hydrogen) atoms. The first-order chi connectivity index (χ1) is 6.66. The van der Waals surface area contributed by atoms with Crippen LogP contribution in [0.3, 0.4) is 0 Å². The van der Waals surface area contributed by atoms with E-state index in [1.165, 1.54) is 11.1 Å². The van der Waals surface area contributed by atoms with Crippen LogP contribution in [0.4, 0.5) is 0 Å². The van der Waals surface area contributed by atoms with Gasteiger partial charge in [-0.05, 0) is 18.9 Å². The molecule has 2 nitrogen and oxygen atoms in total. The molecule has 0 aromatic heterocycles. The Labute approximate surface area is 84.3 Å². The summed E-state index contributed by atoms with van der Waals surface area (Å²) < 4.78 is 0. The van der Waals surface area contributed by atoms with E-state index in [2.05, 4.69) is 43.4 Å². The summed E-state index contributed by atoms with van der Waals surface area (Å²) in [6.07, 6.45) is 1.59. The number of amides is 1. The third-order valence-electron chi connectivity index (χ3n) is 3.05. The molecule has 1 aliphatic rings. The zero-order valence-corrected chi connectivity index (χ0v) is 8.63. The van der Waals surface area contributed by atoms with Gasteiger partial charge >= 0.3 is 0 Å². The smallest absolute Gasteiger partial charge is 0.223 e. The summed E-state index contributed by atoms with van der Waals surface area (Å²) in [7, 11) is 0. The lowest BCUT2D eigenvalue weighted by molar-refractivity contribution is -0.133. The first-order valence-corrected chi connectivity index (χ1v) is 5.04. The Morgan fingerprint density at radius 1 is 1.36 bits per heavy atom. The number of benzene rings is 1. The fraction of sp³-hybridized carbons (Fsp3) is 0.417. The Bertz CT molecular complexity index is 345. The van der Waals surface area contributed by atoms with Gasteiger partial charge < -0.3 is 5.32 Å². The minimum absolute atomic E-state index is 0.0786. The maximum Gasteiger partial charge on any atom is 0.223 e. The Balaban J connectivity index is 2.29. The quantitative estimate of drug-likeness (QED) is 0.709. The van der Waals surface area contributed by atoms with Gasteiger partial charge in [0, 0.05) is 0 Å². The highest BCUT2D eigenvalue weighted by molar-refractivity contribution is 5.85. The number of rotatable bonds is 2. The summed E-state index contributed by atoms with van der Waals surface area (Å²) in [5, 5.41) is 3.00. The molecule has 0 bridgehead atoms. The van der Waals surface area contributed by atoms with Crippen molar-refractivity contribution in [3.8, 4) is 0 Å². The fourth-order valence-electron chi connectivity index (χ4n) is 1.99. The van der Waals surface area contributed by atoms with E-state index in [9.17, 15) is 4.79 Å². The maximum atomic E-state index is 11.0. The van der Waals surface area contributed by atoms with Gasteiger partial charge in [-0.3, -0.25) is 4.79 Å². The first-order valence-electron chi connectivity index (χ1n) is 5.04. The van der Waals surface area contributed by atoms with Crippen LogP contribution in [0.5, 0.6) is 0 Å². The van der Waals surface area contributed by atoms with Gasteiger partial charge in [-0.25, -0.2) is 0 Å². The van der Waals surface area contributed by atoms with Gasteiger partial charge in [0.2, 0.25) is 5.91 Å². The molecule has 0 radical (unpaired) electrons. The number of β-lactam (4-membered cyclic amide) rings is 1. The van der Waals surface area contributed by atoms with Crippen molar-refractivity contribution in [1.29, 1.82) is 0 Å². The molecule has 1 saturated heterocycles. The molecule has 0 saturated carbocycles. The van der Waals surface area contributed by atoms with Crippen LogP contribution in [-0.2, 0) is 10.3 Å². The van der Waals surface area contributed by atoms with Crippen molar-refractivity contribution in [3.63, 3.8) is 0 Å². The summed E-state index contributed by atoms with van der Waals surface area (Å²) in [5.74, 6) is 0.160. The molecule has 1 aromatic carbocycles. The number of carbonyl (C=O) groups excluding carboxylic acids is 1. The van der Waals surface area contributed by atoms with Gasteiger partial charge in [-0.15, -0.1) is 0 Å². The average molecular weight is 189 g/mol. The number of aryl methyl sites for hydroxylation is 1. The van der Waals surface area contributed by atoms with Crippen LogP contribution in [0.2, 0.25) is 0 Å². The fourth-order valence-corrected chi connectivity index (χ4v) is 1.99. The SMILES string of the molecule is CCC1(c2ccc(C)cc2)CC(=O)N1. The van der Waals surface area contributed by atoms with Crippen LogP contribution >= 0.6 is 0 Å². The summed E-state index contributed by atoms with van der Waals surface area (Å²) in [5.41, 5.74) is 2.40. The monoisotopic (exact) mass is 189 g/mol. The molecule has 1 aliphatic heterocycles. The lowest BCUT2D eigenvalue weighted by Crippen LogP contribution is -2.57. The van der Waals surface area contributed by atoms with Gasteiger partial charge in [0.25, 0.3) is 0 Å². The molecule has 1 unspecified atom stereocenters. The van der Waals surface area contributed by atoms with Crippen molar-refractivity contribution >= 4 is 5.91 Å². The Hall–Kier alpha value is -1.31. The van der Waals surface area contributed by atoms with Crippen molar-refractivity contribution in [3.05, 3.63) is 35.4 Å². The maximum absolute atomic E-state index is 11.0. The Morgan fingerprint density at radius 2 is 1.93 bits per heavy atom. The van der Waals surface area contributed by atoms with Crippen molar-refractivity contribution in [2.45, 2.75) is 32.2 Å². The largest absolute Gasteiger partial charge is 0.346 e. The van der Waals surface area contributed by atoms with Crippen LogP contribution in [0.1, 0.15) is 30.9 Å². The molecule has 1 atom stereocenters. The highest BCUT2D eigenvalue weighted by Crippen LogP contribution is 2.35. The lowest BCUT2D eigenvalue weighted by atomic mass is 9.78. The first kappa shape index (κ1) is 9.25. The molecule has 1 fully saturated rings. The van der Waals surface area contributed by atoms with Gasteiger partial charge in [-0.1, -0.05) is 36.8 Å². The van der Waals surface area contributed by atoms with E-state index in [1.807, 2.05) is 0 Å². The highest BCUT2D eigenvalue weighted by atomic mass is 16.2. The van der Waals surface area contributed by atoms with Crippen molar-refractivity contribution in [2.75, 3.05) is 0 Å². The molecular formula is C12H15NO. The molecule has 2 rings (SSSR count). The molecule has 1 N–H and O–H groups in total. The van der Waals surface area contributed by atoms with Gasteiger partial charge in [0.05, 0.1) is 12.0 Å². The number of nitrogens with one attached hydrogen (secondary N) is 1. The third-order valence-corrected chi connectivity index (χ3v) is 3.05. The Kier molecular flexibility index (Phi) is 2.06. The summed E-state index contributed by atoms with van der Waals surface area (Å²) in [6.45, 7) is 4.18. The van der Waals surface area contributed by atoms with Gasteiger partial charge in [0.15, 0.2) is 0 Å². The third kappa shape index (κ3) is 1.31. The van der Waals surface area contributed by atoms with E-state index in [0.29, 0.717) is 6.42 Å². The molecule has 2 heteroatoms. The van der Waals surface area contributed by atoms with Crippen LogP contribution < -0.4 is 5.32 Å². The van der Waals surface area contributed by atoms with Crippen molar-refractivity contribution in [2.24, 2.45) is 0 Å². The summed E-state index contributed by atoms with van der Waals surface area (Å²) in [6, 6.07) is 8.41. The van der Waals surface area contributed by atoms with E-state index < -0.39 is 0 Å². The molecule has 1 heterocycles. The van der Waals surface area contributed by atoms with E-state index in [1.54, 1.807) is 0 Å². The predicted molar refractivity (Wildman–Crippen MR) is 55.9 cm³/mol.